The van der Waals surface area contributed by atoms with Crippen molar-refractivity contribution in [3.63, 3.8) is 0 Å². The Bertz CT molecular complexity index is 466. The normalized spacial score (nSPS) is 11.7. The molecule has 0 aliphatic carbocycles. The van der Waals surface area contributed by atoms with Gasteiger partial charge in [0, 0.05) is 0 Å². The maximum atomic E-state index is 10.9. The van der Waals surface area contributed by atoms with Crippen LogP contribution in [-0.2, 0) is 27.1 Å². The molecule has 1 rings (SSSR count). The number of hydrogen-bond donors (Lipinski definition) is 0. The van der Waals surface area contributed by atoms with E-state index in [-0.39, 0.29) is 6.61 Å². The Morgan fingerprint density at radius 3 is 2.11 bits per heavy atom. The highest BCUT2D eigenvalue weighted by atomic mass is 32.2. The van der Waals surface area contributed by atoms with E-state index in [2.05, 4.69) is 25.1 Å². The smallest absolute Gasteiger partial charge is 0.264 e. The lowest BCUT2D eigenvalue weighted by Crippen LogP contribution is -2.05. The van der Waals surface area contributed by atoms with Crippen molar-refractivity contribution in [2.24, 2.45) is 0 Å². The van der Waals surface area contributed by atoms with Crippen LogP contribution in [0.3, 0.4) is 0 Å². The molecule has 0 unspecified atom stereocenters. The van der Waals surface area contributed by atoms with Crippen LogP contribution in [0.4, 0.5) is 0 Å². The first-order valence-corrected chi connectivity index (χ1v) is 8.75. The average molecular weight is 284 g/mol. The highest BCUT2D eigenvalue weighted by molar-refractivity contribution is 7.85. The minimum absolute atomic E-state index is 0.266. The highest BCUT2D eigenvalue weighted by Gasteiger charge is 2.04. The quantitative estimate of drug-likeness (QED) is 0.516. The van der Waals surface area contributed by atoms with Gasteiger partial charge in [-0.25, -0.2) is 0 Å². The Hall–Kier alpha value is -0.870. The number of aryl methyl sites for hydroxylation is 2. The molecular weight excluding hydrogens is 260 g/mol. The Balaban J connectivity index is 2.44. The number of unbranched alkanes of at least 4 members (excludes halogenated alkanes) is 2. The summed E-state index contributed by atoms with van der Waals surface area (Å²) in [4.78, 5) is 0. The van der Waals surface area contributed by atoms with Crippen molar-refractivity contribution in [2.75, 3.05) is 12.9 Å². The first-order valence-electron chi connectivity index (χ1n) is 6.94. The van der Waals surface area contributed by atoms with Crippen molar-refractivity contribution < 1.29 is 12.6 Å². The van der Waals surface area contributed by atoms with Gasteiger partial charge in [-0.05, 0) is 36.8 Å². The van der Waals surface area contributed by atoms with Crippen molar-refractivity contribution >= 4 is 10.1 Å². The van der Waals surface area contributed by atoms with Gasteiger partial charge in [0.15, 0.2) is 0 Å². The first kappa shape index (κ1) is 16.2. The molecule has 0 saturated carbocycles. The summed E-state index contributed by atoms with van der Waals surface area (Å²) in [6.07, 6.45) is 7.50. The Morgan fingerprint density at radius 1 is 1.00 bits per heavy atom. The zero-order chi connectivity index (χ0) is 14.1. The molecule has 0 heterocycles. The molecule has 0 aliphatic heterocycles. The molecule has 0 fully saturated rings. The summed E-state index contributed by atoms with van der Waals surface area (Å²) in [6.45, 7) is 2.47. The third-order valence-corrected chi connectivity index (χ3v) is 3.65. The average Bonchev–Trinajstić information content (AvgIpc) is 2.35. The van der Waals surface area contributed by atoms with E-state index < -0.39 is 10.1 Å². The van der Waals surface area contributed by atoms with E-state index in [1.807, 2.05) is 6.07 Å². The summed E-state index contributed by atoms with van der Waals surface area (Å²) in [5.41, 5.74) is 2.70. The molecule has 19 heavy (non-hydrogen) atoms. The number of rotatable bonds is 9. The molecule has 0 saturated heterocycles. The van der Waals surface area contributed by atoms with Crippen LogP contribution in [0.15, 0.2) is 24.3 Å². The monoisotopic (exact) mass is 284 g/mol. The summed E-state index contributed by atoms with van der Waals surface area (Å²) in [6, 6.07) is 8.40. The molecule has 0 spiro atoms. The van der Waals surface area contributed by atoms with E-state index in [4.69, 9.17) is 4.18 Å². The van der Waals surface area contributed by atoms with Gasteiger partial charge in [-0.2, -0.15) is 8.42 Å². The lowest BCUT2D eigenvalue weighted by molar-refractivity contribution is 0.315. The highest BCUT2D eigenvalue weighted by Crippen LogP contribution is 2.14. The van der Waals surface area contributed by atoms with Gasteiger partial charge in [-0.15, -0.1) is 0 Å². The first-order chi connectivity index (χ1) is 9.03. The van der Waals surface area contributed by atoms with Crippen molar-refractivity contribution in [3.05, 3.63) is 35.4 Å². The fourth-order valence-electron chi connectivity index (χ4n) is 2.08. The van der Waals surface area contributed by atoms with Crippen LogP contribution in [0.25, 0.3) is 0 Å². The van der Waals surface area contributed by atoms with Crippen LogP contribution in [-0.4, -0.2) is 21.3 Å². The van der Waals surface area contributed by atoms with E-state index in [9.17, 15) is 8.42 Å². The lowest BCUT2D eigenvalue weighted by atomic mass is 9.98. The molecule has 0 radical (unpaired) electrons. The molecule has 1 aromatic rings. The van der Waals surface area contributed by atoms with Gasteiger partial charge in [0.1, 0.15) is 0 Å². The largest absolute Gasteiger partial charge is 0.270 e. The van der Waals surface area contributed by atoms with E-state index in [1.165, 1.54) is 30.4 Å². The zero-order valence-corrected chi connectivity index (χ0v) is 12.7. The zero-order valence-electron chi connectivity index (χ0n) is 11.9. The standard InChI is InChI=1S/C15H24O3S/c1-3-4-5-9-14-10-6-7-11-15(14)12-8-13-18-19(2,16)17/h6-7,10-11H,3-5,8-9,12-13H2,1-2H3. The predicted octanol–water partition coefficient (Wildman–Crippen LogP) is 3.33. The Morgan fingerprint density at radius 2 is 1.58 bits per heavy atom. The topological polar surface area (TPSA) is 43.4 Å². The summed E-state index contributed by atoms with van der Waals surface area (Å²) in [5, 5.41) is 0. The van der Waals surface area contributed by atoms with Gasteiger partial charge < -0.3 is 0 Å². The van der Waals surface area contributed by atoms with Crippen LogP contribution in [0.5, 0.6) is 0 Å². The van der Waals surface area contributed by atoms with Crippen LogP contribution >= 0.6 is 0 Å². The fraction of sp³-hybridized carbons (Fsp3) is 0.600. The van der Waals surface area contributed by atoms with Gasteiger partial charge >= 0.3 is 0 Å². The third-order valence-electron chi connectivity index (χ3n) is 3.06. The van der Waals surface area contributed by atoms with Crippen LogP contribution in [0.1, 0.15) is 43.7 Å². The van der Waals surface area contributed by atoms with E-state index in [1.54, 1.807) is 0 Å². The maximum absolute atomic E-state index is 10.9. The van der Waals surface area contributed by atoms with E-state index >= 15 is 0 Å². The van der Waals surface area contributed by atoms with Crippen molar-refractivity contribution in [1.29, 1.82) is 0 Å². The summed E-state index contributed by atoms with van der Waals surface area (Å²) >= 11 is 0. The van der Waals surface area contributed by atoms with Gasteiger partial charge in [0.2, 0.25) is 0 Å². The van der Waals surface area contributed by atoms with E-state index in [0.29, 0.717) is 0 Å². The van der Waals surface area contributed by atoms with Crippen molar-refractivity contribution in [3.8, 4) is 0 Å². The number of hydrogen-bond acceptors (Lipinski definition) is 3. The molecule has 0 amide bonds. The molecule has 0 N–H and O–H groups in total. The van der Waals surface area contributed by atoms with Crippen molar-refractivity contribution in [2.45, 2.75) is 45.4 Å². The van der Waals surface area contributed by atoms with Crippen LogP contribution < -0.4 is 0 Å². The van der Waals surface area contributed by atoms with Crippen LogP contribution in [0, 0.1) is 0 Å². The molecule has 0 atom stereocenters. The van der Waals surface area contributed by atoms with Crippen molar-refractivity contribution in [1.82, 2.24) is 0 Å². The van der Waals surface area contributed by atoms with Gasteiger partial charge in [0.25, 0.3) is 10.1 Å². The van der Waals surface area contributed by atoms with Gasteiger partial charge in [0.05, 0.1) is 12.9 Å². The second kappa shape index (κ2) is 8.33. The van der Waals surface area contributed by atoms with E-state index in [0.717, 1.165) is 25.5 Å². The molecule has 3 nitrogen and oxygen atoms in total. The lowest BCUT2D eigenvalue weighted by Gasteiger charge is -2.09. The minimum atomic E-state index is -3.31. The molecule has 0 bridgehead atoms. The summed E-state index contributed by atoms with van der Waals surface area (Å²) in [5.74, 6) is 0. The number of benzene rings is 1. The fourth-order valence-corrected chi connectivity index (χ4v) is 2.50. The molecule has 4 heteroatoms. The minimum Gasteiger partial charge on any atom is -0.270 e. The predicted molar refractivity (Wildman–Crippen MR) is 78.8 cm³/mol. The molecular formula is C15H24O3S. The maximum Gasteiger partial charge on any atom is 0.264 e. The Kier molecular flexibility index (Phi) is 7.10. The molecule has 0 aromatic heterocycles. The second-order valence-electron chi connectivity index (χ2n) is 4.86. The van der Waals surface area contributed by atoms with Crippen LogP contribution in [0.2, 0.25) is 0 Å². The third kappa shape index (κ3) is 7.33. The van der Waals surface area contributed by atoms with Gasteiger partial charge in [-0.3, -0.25) is 4.18 Å². The molecule has 1 aromatic carbocycles. The van der Waals surface area contributed by atoms with Gasteiger partial charge in [-0.1, -0.05) is 44.0 Å². The summed E-state index contributed by atoms with van der Waals surface area (Å²) < 4.78 is 26.5. The summed E-state index contributed by atoms with van der Waals surface area (Å²) in [7, 11) is -3.31. The molecule has 108 valence electrons. The second-order valence-corrected chi connectivity index (χ2v) is 6.50. The Labute approximate surface area is 117 Å². The SMILES string of the molecule is CCCCCc1ccccc1CCCOS(C)(=O)=O. The molecule has 0 aliphatic rings.